The van der Waals surface area contributed by atoms with Crippen LogP contribution in [0.15, 0.2) is 30.5 Å². The van der Waals surface area contributed by atoms with Crippen molar-refractivity contribution in [2.75, 3.05) is 6.61 Å². The van der Waals surface area contributed by atoms with Crippen LogP contribution in [-0.4, -0.2) is 23.8 Å². The Morgan fingerprint density at radius 3 is 2.82 bits per heavy atom. The highest BCUT2D eigenvalue weighted by atomic mass is 16.5. The van der Waals surface area contributed by atoms with Gasteiger partial charge in [-0.3, -0.25) is 9.59 Å². The fourth-order valence-electron chi connectivity index (χ4n) is 3.60. The molecule has 1 atom stereocenters. The molecule has 0 bridgehead atoms. The zero-order valence-electron chi connectivity index (χ0n) is 12.6. The van der Waals surface area contributed by atoms with Crippen LogP contribution < -0.4 is 0 Å². The molecule has 1 aliphatic carbocycles. The van der Waals surface area contributed by atoms with Gasteiger partial charge < -0.3 is 9.72 Å². The summed E-state index contributed by atoms with van der Waals surface area (Å²) in [5.74, 6) is -0.257. The van der Waals surface area contributed by atoms with Gasteiger partial charge in [-0.15, -0.1) is 0 Å². The molecule has 4 heteroatoms. The number of para-hydroxylation sites is 1. The minimum atomic E-state index is -0.281. The number of ether oxygens (including phenoxy) is 1. The number of aromatic amines is 1. The molecule has 0 radical (unpaired) electrons. The topological polar surface area (TPSA) is 59.2 Å². The maximum Gasteiger partial charge on any atom is 0.314 e. The number of fused-ring (bicyclic) bond motifs is 1. The Balaban J connectivity index is 1.96. The lowest BCUT2D eigenvalue weighted by Gasteiger charge is -2.28. The van der Waals surface area contributed by atoms with E-state index in [1.807, 2.05) is 30.5 Å². The van der Waals surface area contributed by atoms with Crippen LogP contribution in [-0.2, 0) is 14.3 Å². The van der Waals surface area contributed by atoms with Crippen molar-refractivity contribution < 1.29 is 14.3 Å². The van der Waals surface area contributed by atoms with Gasteiger partial charge in [0.2, 0.25) is 0 Å². The third-order valence-corrected chi connectivity index (χ3v) is 4.63. The number of aromatic nitrogens is 1. The summed E-state index contributed by atoms with van der Waals surface area (Å²) in [7, 11) is 0. The molecule has 1 aromatic heterocycles. The van der Waals surface area contributed by atoms with E-state index in [9.17, 15) is 9.59 Å². The van der Waals surface area contributed by atoms with E-state index < -0.39 is 0 Å². The smallest absolute Gasteiger partial charge is 0.314 e. The van der Waals surface area contributed by atoms with Gasteiger partial charge in [-0.2, -0.15) is 0 Å². The molecule has 1 saturated carbocycles. The maximum atomic E-state index is 12.5. The van der Waals surface area contributed by atoms with Crippen LogP contribution in [0.3, 0.4) is 0 Å². The molecule has 2 aromatic rings. The number of esters is 1. The number of benzene rings is 1. The Bertz CT molecular complexity index is 655. The molecule has 0 amide bonds. The molecule has 1 fully saturated rings. The number of hydrogen-bond donors (Lipinski definition) is 1. The van der Waals surface area contributed by atoms with Gasteiger partial charge in [-0.1, -0.05) is 37.5 Å². The van der Waals surface area contributed by atoms with Crippen molar-refractivity contribution in [3.05, 3.63) is 36.0 Å². The quantitative estimate of drug-likeness (QED) is 0.678. The molecule has 1 N–H and O–H groups in total. The van der Waals surface area contributed by atoms with E-state index in [0.29, 0.717) is 12.2 Å². The van der Waals surface area contributed by atoms with Gasteiger partial charge in [0, 0.05) is 17.1 Å². The van der Waals surface area contributed by atoms with Gasteiger partial charge >= 0.3 is 5.97 Å². The van der Waals surface area contributed by atoms with Crippen LogP contribution in [0.5, 0.6) is 0 Å². The SMILES string of the molecule is O=CCOC(=O)C(c1c[nH]c2ccccc12)C1CCCCC1. The molecule has 0 saturated heterocycles. The van der Waals surface area contributed by atoms with Gasteiger partial charge in [-0.25, -0.2) is 0 Å². The van der Waals surface area contributed by atoms with Crippen molar-refractivity contribution in [2.45, 2.75) is 38.0 Å². The summed E-state index contributed by atoms with van der Waals surface area (Å²) in [6, 6.07) is 7.99. The predicted molar refractivity (Wildman–Crippen MR) is 84.6 cm³/mol. The van der Waals surface area contributed by atoms with E-state index >= 15 is 0 Å². The van der Waals surface area contributed by atoms with Crippen molar-refractivity contribution in [3.63, 3.8) is 0 Å². The second kappa shape index (κ2) is 6.77. The summed E-state index contributed by atoms with van der Waals surface area (Å²) >= 11 is 0. The molecule has 1 heterocycles. The Morgan fingerprint density at radius 2 is 2.05 bits per heavy atom. The van der Waals surface area contributed by atoms with Crippen molar-refractivity contribution in [1.29, 1.82) is 0 Å². The van der Waals surface area contributed by atoms with Crippen molar-refractivity contribution in [2.24, 2.45) is 5.92 Å². The van der Waals surface area contributed by atoms with E-state index in [4.69, 9.17) is 4.74 Å². The molecule has 0 aliphatic heterocycles. The average Bonchev–Trinajstić information content (AvgIpc) is 2.98. The number of nitrogens with one attached hydrogen (secondary N) is 1. The third-order valence-electron chi connectivity index (χ3n) is 4.63. The Morgan fingerprint density at radius 1 is 1.27 bits per heavy atom. The molecular formula is C18H21NO3. The largest absolute Gasteiger partial charge is 0.458 e. The molecule has 0 spiro atoms. The average molecular weight is 299 g/mol. The van der Waals surface area contributed by atoms with Crippen molar-refractivity contribution in [1.82, 2.24) is 4.98 Å². The van der Waals surface area contributed by atoms with E-state index in [0.717, 1.165) is 42.1 Å². The lowest BCUT2D eigenvalue weighted by molar-refractivity contribution is -0.149. The summed E-state index contributed by atoms with van der Waals surface area (Å²) < 4.78 is 5.16. The Hall–Kier alpha value is -2.10. The minimum absolute atomic E-state index is 0.162. The highest BCUT2D eigenvalue weighted by Gasteiger charge is 2.33. The predicted octanol–water partition coefficient (Wildman–Crippen LogP) is 3.57. The number of rotatable bonds is 5. The first-order valence-electron chi connectivity index (χ1n) is 7.97. The molecule has 4 nitrogen and oxygen atoms in total. The number of aldehydes is 1. The second-order valence-electron chi connectivity index (χ2n) is 5.96. The minimum Gasteiger partial charge on any atom is -0.458 e. The molecule has 22 heavy (non-hydrogen) atoms. The van der Waals surface area contributed by atoms with E-state index in [1.165, 1.54) is 6.42 Å². The first kappa shape index (κ1) is 14.8. The molecule has 1 aliphatic rings. The highest BCUT2D eigenvalue weighted by Crippen LogP contribution is 2.39. The van der Waals surface area contributed by atoms with E-state index in [-0.39, 0.29) is 18.5 Å². The van der Waals surface area contributed by atoms with Crippen LogP contribution in [0.2, 0.25) is 0 Å². The summed E-state index contributed by atoms with van der Waals surface area (Å²) in [4.78, 5) is 26.3. The van der Waals surface area contributed by atoms with Gasteiger partial charge in [0.05, 0.1) is 5.92 Å². The molecule has 116 valence electrons. The molecular weight excluding hydrogens is 278 g/mol. The van der Waals surface area contributed by atoms with Gasteiger partial charge in [0.15, 0.2) is 6.29 Å². The fraction of sp³-hybridized carbons (Fsp3) is 0.444. The van der Waals surface area contributed by atoms with E-state index in [1.54, 1.807) is 0 Å². The number of carbonyl (C=O) groups is 2. The number of H-pyrrole nitrogens is 1. The summed E-state index contributed by atoms with van der Waals surface area (Å²) in [5, 5.41) is 1.07. The lowest BCUT2D eigenvalue weighted by Crippen LogP contribution is -2.26. The van der Waals surface area contributed by atoms with E-state index in [2.05, 4.69) is 4.98 Å². The Kier molecular flexibility index (Phi) is 4.56. The Labute approximate surface area is 129 Å². The monoisotopic (exact) mass is 299 g/mol. The second-order valence-corrected chi connectivity index (χ2v) is 5.96. The van der Waals surface area contributed by atoms with Crippen LogP contribution >= 0.6 is 0 Å². The molecule has 1 aromatic carbocycles. The number of carbonyl (C=O) groups excluding carboxylic acids is 2. The van der Waals surface area contributed by atoms with Crippen LogP contribution in [0.25, 0.3) is 10.9 Å². The van der Waals surface area contributed by atoms with Gasteiger partial charge in [0.25, 0.3) is 0 Å². The maximum absolute atomic E-state index is 12.5. The summed E-state index contributed by atoms with van der Waals surface area (Å²) in [6.07, 6.45) is 8.19. The first-order valence-corrected chi connectivity index (χ1v) is 7.97. The lowest BCUT2D eigenvalue weighted by atomic mass is 9.76. The van der Waals surface area contributed by atoms with Crippen LogP contribution in [0.1, 0.15) is 43.6 Å². The fourth-order valence-corrected chi connectivity index (χ4v) is 3.60. The summed E-state index contributed by atoms with van der Waals surface area (Å²) in [5.41, 5.74) is 2.03. The summed E-state index contributed by atoms with van der Waals surface area (Å²) in [6.45, 7) is -0.162. The molecule has 1 unspecified atom stereocenters. The normalized spacial score (nSPS) is 17.3. The highest BCUT2D eigenvalue weighted by molar-refractivity contribution is 5.90. The standard InChI is InChI=1S/C18H21NO3/c20-10-11-22-18(21)17(13-6-2-1-3-7-13)15-12-19-16-9-5-4-8-14(15)16/h4-5,8-10,12-13,17,19H,1-3,6-7,11H2. The third kappa shape index (κ3) is 2.91. The number of hydrogen-bond acceptors (Lipinski definition) is 3. The van der Waals surface area contributed by atoms with Crippen LogP contribution in [0, 0.1) is 5.92 Å². The van der Waals surface area contributed by atoms with Gasteiger partial charge in [0.1, 0.15) is 6.61 Å². The zero-order chi connectivity index (χ0) is 15.4. The zero-order valence-corrected chi connectivity index (χ0v) is 12.6. The van der Waals surface area contributed by atoms with Crippen molar-refractivity contribution >= 4 is 23.2 Å². The first-order chi connectivity index (χ1) is 10.8. The van der Waals surface area contributed by atoms with Gasteiger partial charge in [-0.05, 0) is 30.4 Å². The molecule has 3 rings (SSSR count). The van der Waals surface area contributed by atoms with Crippen LogP contribution in [0.4, 0.5) is 0 Å². The van der Waals surface area contributed by atoms with Crippen molar-refractivity contribution in [3.8, 4) is 0 Å².